The number of hydrogen-bond donors (Lipinski definition) is 3. The van der Waals surface area contributed by atoms with Gasteiger partial charge in [0.25, 0.3) is 0 Å². The van der Waals surface area contributed by atoms with Crippen molar-refractivity contribution in [1.29, 1.82) is 0 Å². The minimum Gasteiger partial charge on any atom is -0.379 e. The molecule has 2 rings (SSSR count). The molecule has 4 heteroatoms. The maximum atomic E-state index is 11.4. The molecule has 92 valence electrons. The normalized spacial score (nSPS) is 15.2. The van der Waals surface area contributed by atoms with Gasteiger partial charge in [0, 0.05) is 30.9 Å². The summed E-state index contributed by atoms with van der Waals surface area (Å²) in [5, 5.41) is 9.60. The van der Waals surface area contributed by atoms with Gasteiger partial charge in [-0.05, 0) is 24.6 Å². The van der Waals surface area contributed by atoms with Gasteiger partial charge in [0.2, 0.25) is 5.91 Å². The fourth-order valence-electron chi connectivity index (χ4n) is 1.78. The Morgan fingerprint density at radius 3 is 2.71 bits per heavy atom. The molecule has 17 heavy (non-hydrogen) atoms. The first-order valence-electron chi connectivity index (χ1n) is 6.07. The molecule has 1 fully saturated rings. The second kappa shape index (κ2) is 5.19. The van der Waals surface area contributed by atoms with Crippen LogP contribution < -0.4 is 16.0 Å². The Hall–Kier alpha value is -1.55. The first kappa shape index (κ1) is 11.9. The summed E-state index contributed by atoms with van der Waals surface area (Å²) in [7, 11) is 0. The number of benzene rings is 1. The maximum Gasteiger partial charge on any atom is 0.224 e. The van der Waals surface area contributed by atoms with Crippen LogP contribution in [-0.4, -0.2) is 25.0 Å². The summed E-state index contributed by atoms with van der Waals surface area (Å²) in [6.45, 7) is 5.89. The number of rotatable bonds is 4. The molecule has 1 aliphatic heterocycles. The fourth-order valence-corrected chi connectivity index (χ4v) is 1.78. The lowest BCUT2D eigenvalue weighted by molar-refractivity contribution is -0.115. The molecule has 0 atom stereocenters. The molecule has 1 saturated heterocycles. The lowest BCUT2D eigenvalue weighted by atomic mass is 10.1. The van der Waals surface area contributed by atoms with E-state index in [1.807, 2.05) is 26.0 Å². The van der Waals surface area contributed by atoms with Crippen LogP contribution in [0.3, 0.4) is 0 Å². The Labute approximate surface area is 102 Å². The zero-order chi connectivity index (χ0) is 12.3. The molecule has 0 aromatic heterocycles. The third-order valence-corrected chi connectivity index (χ3v) is 3.07. The van der Waals surface area contributed by atoms with E-state index in [1.165, 1.54) is 0 Å². The van der Waals surface area contributed by atoms with Gasteiger partial charge in [0.1, 0.15) is 0 Å². The van der Waals surface area contributed by atoms with Crippen LogP contribution in [0.15, 0.2) is 18.2 Å². The third kappa shape index (κ3) is 2.77. The zero-order valence-corrected chi connectivity index (χ0v) is 10.3. The van der Waals surface area contributed by atoms with Gasteiger partial charge in [-0.2, -0.15) is 0 Å². The average Bonchev–Trinajstić information content (AvgIpc) is 2.27. The SMILES string of the molecule is CCC(=O)Nc1cccc(NC2CNC2)c1C. The van der Waals surface area contributed by atoms with E-state index in [0.29, 0.717) is 12.5 Å². The Kier molecular flexibility index (Phi) is 3.64. The maximum absolute atomic E-state index is 11.4. The van der Waals surface area contributed by atoms with Crippen molar-refractivity contribution >= 4 is 17.3 Å². The van der Waals surface area contributed by atoms with E-state index >= 15 is 0 Å². The zero-order valence-electron chi connectivity index (χ0n) is 10.3. The molecule has 4 nitrogen and oxygen atoms in total. The predicted molar refractivity (Wildman–Crippen MR) is 70.4 cm³/mol. The molecule has 0 bridgehead atoms. The molecule has 0 unspecified atom stereocenters. The topological polar surface area (TPSA) is 53.2 Å². The van der Waals surface area contributed by atoms with Gasteiger partial charge in [-0.25, -0.2) is 0 Å². The summed E-state index contributed by atoms with van der Waals surface area (Å²) in [4.78, 5) is 11.4. The standard InChI is InChI=1S/C13H19N3O/c1-3-13(17)16-12-6-4-5-11(9(12)2)15-10-7-14-8-10/h4-6,10,14-15H,3,7-8H2,1-2H3,(H,16,17). The Morgan fingerprint density at radius 1 is 1.41 bits per heavy atom. The molecule has 1 heterocycles. The van der Waals surface area contributed by atoms with Gasteiger partial charge in [0.05, 0.1) is 6.04 Å². The summed E-state index contributed by atoms with van der Waals surface area (Å²) < 4.78 is 0. The fraction of sp³-hybridized carbons (Fsp3) is 0.462. The van der Waals surface area contributed by atoms with Crippen molar-refractivity contribution in [2.24, 2.45) is 0 Å². The number of anilines is 2. The molecule has 0 aliphatic carbocycles. The lowest BCUT2D eigenvalue weighted by Gasteiger charge is -2.30. The highest BCUT2D eigenvalue weighted by molar-refractivity contribution is 5.92. The Morgan fingerprint density at radius 2 is 2.12 bits per heavy atom. The van der Waals surface area contributed by atoms with Gasteiger partial charge >= 0.3 is 0 Å². The van der Waals surface area contributed by atoms with E-state index in [0.717, 1.165) is 30.0 Å². The molecule has 0 saturated carbocycles. The molecule has 1 aromatic rings. The van der Waals surface area contributed by atoms with Gasteiger partial charge in [-0.15, -0.1) is 0 Å². The summed E-state index contributed by atoms with van der Waals surface area (Å²) in [5.41, 5.74) is 3.10. The smallest absolute Gasteiger partial charge is 0.224 e. The summed E-state index contributed by atoms with van der Waals surface area (Å²) in [6.07, 6.45) is 0.504. The van der Waals surface area contributed by atoms with Gasteiger partial charge < -0.3 is 16.0 Å². The summed E-state index contributed by atoms with van der Waals surface area (Å²) in [5.74, 6) is 0.0514. The lowest BCUT2D eigenvalue weighted by Crippen LogP contribution is -2.51. The van der Waals surface area contributed by atoms with E-state index in [1.54, 1.807) is 0 Å². The second-order valence-corrected chi connectivity index (χ2v) is 4.38. The van der Waals surface area contributed by atoms with Crippen LogP contribution in [0.5, 0.6) is 0 Å². The minimum absolute atomic E-state index is 0.0514. The van der Waals surface area contributed by atoms with Crippen molar-refractivity contribution in [1.82, 2.24) is 5.32 Å². The number of nitrogens with one attached hydrogen (secondary N) is 3. The van der Waals surface area contributed by atoms with E-state index < -0.39 is 0 Å². The Bertz CT molecular complexity index is 413. The van der Waals surface area contributed by atoms with E-state index in [4.69, 9.17) is 0 Å². The highest BCUT2D eigenvalue weighted by atomic mass is 16.1. The molecular weight excluding hydrogens is 214 g/mol. The predicted octanol–water partition coefficient (Wildman–Crippen LogP) is 1.73. The van der Waals surface area contributed by atoms with Crippen LogP contribution in [0, 0.1) is 6.92 Å². The first-order valence-corrected chi connectivity index (χ1v) is 6.07. The largest absolute Gasteiger partial charge is 0.379 e. The first-order chi connectivity index (χ1) is 8.20. The number of carbonyl (C=O) groups excluding carboxylic acids is 1. The number of hydrogen-bond acceptors (Lipinski definition) is 3. The van der Waals surface area contributed by atoms with Crippen molar-refractivity contribution in [2.45, 2.75) is 26.3 Å². The molecule has 1 amide bonds. The number of amides is 1. The summed E-state index contributed by atoms with van der Waals surface area (Å²) in [6, 6.07) is 6.46. The van der Waals surface area contributed by atoms with Crippen LogP contribution in [0.25, 0.3) is 0 Å². The van der Waals surface area contributed by atoms with E-state index in [2.05, 4.69) is 22.0 Å². The van der Waals surface area contributed by atoms with Crippen LogP contribution in [0.1, 0.15) is 18.9 Å². The monoisotopic (exact) mass is 233 g/mol. The van der Waals surface area contributed by atoms with Crippen LogP contribution >= 0.6 is 0 Å². The highest BCUT2D eigenvalue weighted by Gasteiger charge is 2.17. The molecule has 1 aliphatic rings. The minimum atomic E-state index is 0.0514. The molecular formula is C13H19N3O. The van der Waals surface area contributed by atoms with Gasteiger partial charge in [-0.3, -0.25) is 4.79 Å². The molecule has 0 radical (unpaired) electrons. The van der Waals surface area contributed by atoms with Crippen LogP contribution in [0.2, 0.25) is 0 Å². The second-order valence-electron chi connectivity index (χ2n) is 4.38. The van der Waals surface area contributed by atoms with Crippen molar-refractivity contribution in [3.8, 4) is 0 Å². The molecule has 0 spiro atoms. The third-order valence-electron chi connectivity index (χ3n) is 3.07. The van der Waals surface area contributed by atoms with E-state index in [9.17, 15) is 4.79 Å². The van der Waals surface area contributed by atoms with Crippen molar-refractivity contribution in [2.75, 3.05) is 23.7 Å². The average molecular weight is 233 g/mol. The van der Waals surface area contributed by atoms with Crippen molar-refractivity contribution in [3.05, 3.63) is 23.8 Å². The quantitative estimate of drug-likeness (QED) is 0.742. The number of carbonyl (C=O) groups is 1. The van der Waals surface area contributed by atoms with E-state index in [-0.39, 0.29) is 5.91 Å². The van der Waals surface area contributed by atoms with Crippen molar-refractivity contribution < 1.29 is 4.79 Å². The molecule has 1 aromatic carbocycles. The van der Waals surface area contributed by atoms with Gasteiger partial charge in [-0.1, -0.05) is 13.0 Å². The highest BCUT2D eigenvalue weighted by Crippen LogP contribution is 2.24. The summed E-state index contributed by atoms with van der Waals surface area (Å²) >= 11 is 0. The van der Waals surface area contributed by atoms with Gasteiger partial charge in [0.15, 0.2) is 0 Å². The van der Waals surface area contributed by atoms with Crippen LogP contribution in [0.4, 0.5) is 11.4 Å². The van der Waals surface area contributed by atoms with Crippen molar-refractivity contribution in [3.63, 3.8) is 0 Å². The molecule has 3 N–H and O–H groups in total. The Balaban J connectivity index is 2.11. The van der Waals surface area contributed by atoms with Crippen LogP contribution in [-0.2, 0) is 4.79 Å².